The second-order valence-corrected chi connectivity index (χ2v) is 4.69. The van der Waals surface area contributed by atoms with Crippen molar-refractivity contribution in [1.29, 1.82) is 0 Å². The first-order chi connectivity index (χ1) is 7.67. The van der Waals surface area contributed by atoms with Crippen molar-refractivity contribution in [3.05, 3.63) is 18.0 Å². The minimum atomic E-state index is 0.549. The van der Waals surface area contributed by atoms with E-state index in [-0.39, 0.29) is 0 Å². The van der Waals surface area contributed by atoms with Crippen molar-refractivity contribution in [3.8, 4) is 0 Å². The lowest BCUT2D eigenvalue weighted by atomic mass is 10.2. The van der Waals surface area contributed by atoms with Gasteiger partial charge in [-0.15, -0.1) is 11.6 Å². The zero-order valence-corrected chi connectivity index (χ0v) is 11.2. The first kappa shape index (κ1) is 13.5. The summed E-state index contributed by atoms with van der Waals surface area (Å²) in [6.07, 6.45) is 5.12. The molecule has 0 aliphatic heterocycles. The van der Waals surface area contributed by atoms with Gasteiger partial charge in [-0.1, -0.05) is 0 Å². The summed E-state index contributed by atoms with van der Waals surface area (Å²) >= 11 is 5.74. The van der Waals surface area contributed by atoms with Crippen molar-refractivity contribution in [2.75, 3.05) is 12.4 Å². The molecule has 16 heavy (non-hydrogen) atoms. The van der Waals surface area contributed by atoms with Crippen LogP contribution < -0.4 is 0 Å². The van der Waals surface area contributed by atoms with Gasteiger partial charge in [0, 0.05) is 36.8 Å². The number of halogens is 1. The molecule has 92 valence electrons. The molecule has 1 rings (SSSR count). The zero-order valence-electron chi connectivity index (χ0n) is 10.5. The molecule has 0 aromatic carbocycles. The molecule has 0 saturated heterocycles. The summed E-state index contributed by atoms with van der Waals surface area (Å²) in [4.78, 5) is 2.43. The van der Waals surface area contributed by atoms with Gasteiger partial charge in [0.15, 0.2) is 0 Å². The predicted molar refractivity (Wildman–Crippen MR) is 68.8 cm³/mol. The van der Waals surface area contributed by atoms with E-state index in [0.29, 0.717) is 6.04 Å². The highest BCUT2D eigenvalue weighted by Crippen LogP contribution is 2.08. The van der Waals surface area contributed by atoms with Crippen LogP contribution in [-0.4, -0.2) is 33.1 Å². The third-order valence-corrected chi connectivity index (χ3v) is 2.97. The highest BCUT2D eigenvalue weighted by Gasteiger charge is 2.10. The number of alkyl halides is 1. The van der Waals surface area contributed by atoms with Gasteiger partial charge in [0.05, 0.1) is 6.20 Å². The molecule has 0 fully saturated rings. The monoisotopic (exact) mass is 243 g/mol. The third-order valence-electron chi connectivity index (χ3n) is 2.71. The van der Waals surface area contributed by atoms with Gasteiger partial charge in [-0.2, -0.15) is 5.10 Å². The summed E-state index contributed by atoms with van der Waals surface area (Å²) in [6.45, 7) is 9.50. The van der Waals surface area contributed by atoms with Gasteiger partial charge in [-0.3, -0.25) is 9.58 Å². The Balaban J connectivity index is 2.53. The van der Waals surface area contributed by atoms with Crippen LogP contribution in [0.4, 0.5) is 0 Å². The van der Waals surface area contributed by atoms with E-state index in [1.165, 1.54) is 5.56 Å². The van der Waals surface area contributed by atoms with Crippen LogP contribution in [0.25, 0.3) is 0 Å². The van der Waals surface area contributed by atoms with Crippen molar-refractivity contribution in [2.24, 2.45) is 0 Å². The van der Waals surface area contributed by atoms with Crippen molar-refractivity contribution < 1.29 is 0 Å². The Labute approximate surface area is 103 Å². The van der Waals surface area contributed by atoms with Crippen LogP contribution in [0.1, 0.15) is 32.8 Å². The molecule has 0 aliphatic rings. The Kier molecular flexibility index (Phi) is 5.85. The Morgan fingerprint density at radius 3 is 2.75 bits per heavy atom. The van der Waals surface area contributed by atoms with Crippen molar-refractivity contribution >= 4 is 11.6 Å². The summed E-state index contributed by atoms with van der Waals surface area (Å²) in [7, 11) is 0. The lowest BCUT2D eigenvalue weighted by Gasteiger charge is -2.25. The van der Waals surface area contributed by atoms with Crippen LogP contribution in [0, 0.1) is 0 Å². The van der Waals surface area contributed by atoms with Crippen molar-refractivity contribution in [3.63, 3.8) is 0 Å². The molecule has 1 heterocycles. The lowest BCUT2D eigenvalue weighted by molar-refractivity contribution is 0.213. The fourth-order valence-corrected chi connectivity index (χ4v) is 1.80. The molecule has 0 bridgehead atoms. The standard InChI is InChI=1S/C12H22ClN3/c1-4-16-10-12(8-14-16)9-15(11(2)3)7-5-6-13/h8,10-11H,4-7,9H2,1-3H3. The van der Waals surface area contributed by atoms with E-state index < -0.39 is 0 Å². The molecular formula is C12H22ClN3. The first-order valence-electron chi connectivity index (χ1n) is 5.98. The van der Waals surface area contributed by atoms with E-state index in [0.717, 1.165) is 31.9 Å². The summed E-state index contributed by atoms with van der Waals surface area (Å²) < 4.78 is 1.97. The van der Waals surface area contributed by atoms with E-state index in [1.54, 1.807) is 0 Å². The SMILES string of the molecule is CCn1cc(CN(CCCCl)C(C)C)cn1. The number of hydrogen-bond donors (Lipinski definition) is 0. The average molecular weight is 244 g/mol. The molecule has 0 spiro atoms. The quantitative estimate of drug-likeness (QED) is 0.687. The normalized spacial score (nSPS) is 11.6. The van der Waals surface area contributed by atoms with Crippen LogP contribution in [0.2, 0.25) is 0 Å². The number of nitrogens with zero attached hydrogens (tertiary/aromatic N) is 3. The Hall–Kier alpha value is -0.540. The Morgan fingerprint density at radius 2 is 2.25 bits per heavy atom. The fourth-order valence-electron chi connectivity index (χ4n) is 1.68. The summed E-state index contributed by atoms with van der Waals surface area (Å²) in [6, 6.07) is 0.549. The number of aromatic nitrogens is 2. The largest absolute Gasteiger partial charge is 0.297 e. The van der Waals surface area contributed by atoms with Gasteiger partial charge in [0.2, 0.25) is 0 Å². The van der Waals surface area contributed by atoms with Crippen LogP contribution in [-0.2, 0) is 13.1 Å². The fraction of sp³-hybridized carbons (Fsp3) is 0.750. The van der Waals surface area contributed by atoms with Crippen molar-refractivity contribution in [2.45, 2.75) is 46.3 Å². The zero-order chi connectivity index (χ0) is 12.0. The highest BCUT2D eigenvalue weighted by molar-refractivity contribution is 6.17. The van der Waals surface area contributed by atoms with E-state index in [1.807, 2.05) is 10.9 Å². The molecule has 1 aromatic rings. The van der Waals surface area contributed by atoms with E-state index >= 15 is 0 Å². The summed E-state index contributed by atoms with van der Waals surface area (Å²) in [5, 5.41) is 4.29. The maximum atomic E-state index is 5.74. The molecule has 4 heteroatoms. The van der Waals surface area contributed by atoms with Gasteiger partial charge in [-0.25, -0.2) is 0 Å². The van der Waals surface area contributed by atoms with Gasteiger partial charge >= 0.3 is 0 Å². The highest BCUT2D eigenvalue weighted by atomic mass is 35.5. The van der Waals surface area contributed by atoms with Gasteiger partial charge in [0.25, 0.3) is 0 Å². The van der Waals surface area contributed by atoms with E-state index in [4.69, 9.17) is 11.6 Å². The smallest absolute Gasteiger partial charge is 0.0534 e. The summed E-state index contributed by atoms with van der Waals surface area (Å²) in [5.41, 5.74) is 1.28. The number of rotatable bonds is 7. The van der Waals surface area contributed by atoms with E-state index in [9.17, 15) is 0 Å². The third kappa shape index (κ3) is 4.14. The molecule has 0 unspecified atom stereocenters. The van der Waals surface area contributed by atoms with Crippen LogP contribution >= 0.6 is 11.6 Å². The number of hydrogen-bond acceptors (Lipinski definition) is 2. The van der Waals surface area contributed by atoms with Crippen LogP contribution in [0.3, 0.4) is 0 Å². The molecule has 0 amide bonds. The molecule has 0 saturated carbocycles. The number of aryl methyl sites for hydroxylation is 1. The lowest BCUT2D eigenvalue weighted by Crippen LogP contribution is -2.31. The molecule has 1 aromatic heterocycles. The molecular weight excluding hydrogens is 222 g/mol. The van der Waals surface area contributed by atoms with Gasteiger partial charge < -0.3 is 0 Å². The molecule has 0 atom stereocenters. The Bertz CT molecular complexity index is 296. The van der Waals surface area contributed by atoms with Crippen LogP contribution in [0.15, 0.2) is 12.4 Å². The van der Waals surface area contributed by atoms with Crippen LogP contribution in [0.5, 0.6) is 0 Å². The van der Waals surface area contributed by atoms with E-state index in [2.05, 4.69) is 37.0 Å². The predicted octanol–water partition coefficient (Wildman–Crippen LogP) is 2.74. The molecule has 0 N–H and O–H groups in total. The Morgan fingerprint density at radius 1 is 1.50 bits per heavy atom. The van der Waals surface area contributed by atoms with Gasteiger partial charge in [0.1, 0.15) is 0 Å². The second kappa shape index (κ2) is 6.92. The minimum Gasteiger partial charge on any atom is -0.297 e. The van der Waals surface area contributed by atoms with Gasteiger partial charge in [-0.05, 0) is 33.7 Å². The molecule has 0 aliphatic carbocycles. The average Bonchev–Trinajstić information content (AvgIpc) is 2.71. The topological polar surface area (TPSA) is 21.1 Å². The minimum absolute atomic E-state index is 0.549. The maximum absolute atomic E-state index is 5.74. The maximum Gasteiger partial charge on any atom is 0.0534 e. The first-order valence-corrected chi connectivity index (χ1v) is 6.52. The summed E-state index contributed by atoms with van der Waals surface area (Å²) in [5.74, 6) is 0.734. The van der Waals surface area contributed by atoms with Crippen molar-refractivity contribution in [1.82, 2.24) is 14.7 Å². The molecule has 0 radical (unpaired) electrons. The molecule has 3 nitrogen and oxygen atoms in total. The second-order valence-electron chi connectivity index (χ2n) is 4.31.